The molecule has 0 amide bonds. The van der Waals surface area contributed by atoms with Crippen molar-refractivity contribution >= 4 is 21.5 Å². The number of fused-ring (bicyclic) bond motifs is 3. The lowest BCUT2D eigenvalue weighted by molar-refractivity contribution is 0.868. The van der Waals surface area contributed by atoms with Crippen LogP contribution in [0, 0.1) is 45.3 Å². The molecule has 134 valence electrons. The predicted octanol–water partition coefficient (Wildman–Crippen LogP) is 5.38. The second kappa shape index (κ2) is 7.80. The highest BCUT2D eigenvalue weighted by Gasteiger charge is 2.22. The first-order valence-corrected chi connectivity index (χ1v) is 9.34. The van der Waals surface area contributed by atoms with Crippen molar-refractivity contribution in [3.8, 4) is 24.3 Å². The maximum atomic E-state index is 9.89. The molecule has 0 radical (unpaired) electrons. The van der Waals surface area contributed by atoms with Crippen LogP contribution in [0.4, 0.5) is 0 Å². The molecule has 3 rings (SSSR count). The molecule has 0 N–H and O–H groups in total. The molecule has 0 spiro atoms. The first-order chi connectivity index (χ1) is 13.7. The fourth-order valence-corrected chi connectivity index (χ4v) is 4.00. The van der Waals surface area contributed by atoms with Gasteiger partial charge in [0.15, 0.2) is 0 Å². The van der Waals surface area contributed by atoms with E-state index in [9.17, 15) is 21.0 Å². The van der Waals surface area contributed by atoms with Crippen LogP contribution in [0.3, 0.4) is 0 Å². The van der Waals surface area contributed by atoms with E-state index in [4.69, 9.17) is 0 Å². The number of nitrogens with zero attached hydrogens (tertiary/aromatic N) is 4. The standard InChI is InChI=1S/C24H18N4/c1-3-5-15-7-8-16-9-10-18-19(11-25)20(12-26)21(13-27)22(14-28)24(18)23(16)17(15)6-4-2/h7-10H,3-6H2,1-2H3. The van der Waals surface area contributed by atoms with E-state index in [1.807, 2.05) is 24.3 Å². The Bertz CT molecular complexity index is 1270. The number of nitriles is 4. The Labute approximate surface area is 164 Å². The fraction of sp³-hybridized carbons (Fsp3) is 0.250. The van der Waals surface area contributed by atoms with Crippen LogP contribution in [0.5, 0.6) is 0 Å². The number of hydrogen-bond donors (Lipinski definition) is 0. The van der Waals surface area contributed by atoms with Gasteiger partial charge in [-0.3, -0.25) is 0 Å². The number of aryl methyl sites for hydroxylation is 2. The van der Waals surface area contributed by atoms with E-state index in [0.29, 0.717) is 10.8 Å². The van der Waals surface area contributed by atoms with Crippen LogP contribution in [-0.4, -0.2) is 0 Å². The minimum Gasteiger partial charge on any atom is -0.192 e. The molecule has 28 heavy (non-hydrogen) atoms. The summed E-state index contributed by atoms with van der Waals surface area (Å²) in [5, 5.41) is 41.9. The Morgan fingerprint density at radius 2 is 1.21 bits per heavy atom. The first-order valence-electron chi connectivity index (χ1n) is 9.34. The lowest BCUT2D eigenvalue weighted by Crippen LogP contribution is -2.01. The van der Waals surface area contributed by atoms with Gasteiger partial charge in [-0.15, -0.1) is 0 Å². The SMILES string of the molecule is CCCc1ccc2ccc3c(C#N)c(C#N)c(C#N)c(C#N)c3c2c1CCC. The van der Waals surface area contributed by atoms with Gasteiger partial charge >= 0.3 is 0 Å². The largest absolute Gasteiger partial charge is 0.192 e. The summed E-state index contributed by atoms with van der Waals surface area (Å²) in [6.07, 6.45) is 3.72. The molecule has 0 atom stereocenters. The van der Waals surface area contributed by atoms with Crippen LogP contribution in [-0.2, 0) is 12.8 Å². The zero-order valence-corrected chi connectivity index (χ0v) is 15.9. The minimum atomic E-state index is -0.0184. The molecule has 0 saturated carbocycles. The maximum Gasteiger partial charge on any atom is 0.102 e. The second-order valence-electron chi connectivity index (χ2n) is 6.74. The molecule has 0 heterocycles. The smallest absolute Gasteiger partial charge is 0.102 e. The minimum absolute atomic E-state index is 0.00936. The van der Waals surface area contributed by atoms with Crippen molar-refractivity contribution in [2.24, 2.45) is 0 Å². The van der Waals surface area contributed by atoms with Crippen LogP contribution in [0.2, 0.25) is 0 Å². The highest BCUT2D eigenvalue weighted by molar-refractivity contribution is 6.15. The van der Waals surface area contributed by atoms with E-state index in [2.05, 4.69) is 32.1 Å². The molecular formula is C24H18N4. The third-order valence-electron chi connectivity index (χ3n) is 5.13. The summed E-state index contributed by atoms with van der Waals surface area (Å²) in [4.78, 5) is 0. The van der Waals surface area contributed by atoms with Crippen LogP contribution in [0.25, 0.3) is 21.5 Å². The van der Waals surface area contributed by atoms with Gasteiger partial charge in [0.25, 0.3) is 0 Å². The summed E-state index contributed by atoms with van der Waals surface area (Å²) in [6.45, 7) is 4.24. The van der Waals surface area contributed by atoms with Gasteiger partial charge in [0, 0.05) is 10.8 Å². The van der Waals surface area contributed by atoms with Gasteiger partial charge in [-0.25, -0.2) is 0 Å². The normalized spacial score (nSPS) is 10.2. The third-order valence-corrected chi connectivity index (χ3v) is 5.13. The van der Waals surface area contributed by atoms with Crippen molar-refractivity contribution in [3.63, 3.8) is 0 Å². The summed E-state index contributed by atoms with van der Waals surface area (Å²) in [6, 6.07) is 16.1. The van der Waals surface area contributed by atoms with Gasteiger partial charge in [-0.2, -0.15) is 21.0 Å². The van der Waals surface area contributed by atoms with E-state index >= 15 is 0 Å². The Kier molecular flexibility index (Phi) is 5.27. The average Bonchev–Trinajstić information content (AvgIpc) is 2.72. The second-order valence-corrected chi connectivity index (χ2v) is 6.74. The average molecular weight is 362 g/mol. The van der Waals surface area contributed by atoms with Crippen LogP contribution >= 0.6 is 0 Å². The molecular weight excluding hydrogens is 344 g/mol. The number of rotatable bonds is 4. The first kappa shape index (κ1) is 18.9. The summed E-state index contributed by atoms with van der Waals surface area (Å²) < 4.78 is 0. The summed E-state index contributed by atoms with van der Waals surface area (Å²) in [7, 11) is 0. The van der Waals surface area contributed by atoms with Crippen molar-refractivity contribution in [1.82, 2.24) is 0 Å². The Balaban J connectivity index is 2.71. The van der Waals surface area contributed by atoms with Crippen LogP contribution < -0.4 is 0 Å². The number of hydrogen-bond acceptors (Lipinski definition) is 4. The molecule has 0 aliphatic rings. The summed E-state index contributed by atoms with van der Waals surface area (Å²) >= 11 is 0. The molecule has 4 heteroatoms. The van der Waals surface area contributed by atoms with Crippen LogP contribution in [0.15, 0.2) is 24.3 Å². The Morgan fingerprint density at radius 1 is 0.643 bits per heavy atom. The molecule has 0 fully saturated rings. The quantitative estimate of drug-likeness (QED) is 0.582. The van der Waals surface area contributed by atoms with E-state index < -0.39 is 0 Å². The molecule has 0 aromatic heterocycles. The number of benzene rings is 3. The van der Waals surface area contributed by atoms with E-state index in [0.717, 1.165) is 36.5 Å². The van der Waals surface area contributed by atoms with Crippen LogP contribution in [0.1, 0.15) is 60.1 Å². The summed E-state index contributed by atoms with van der Waals surface area (Å²) in [5.74, 6) is 0. The van der Waals surface area contributed by atoms with Crippen molar-refractivity contribution in [3.05, 3.63) is 57.6 Å². The van der Waals surface area contributed by atoms with Crippen molar-refractivity contribution < 1.29 is 0 Å². The van der Waals surface area contributed by atoms with E-state index in [1.54, 1.807) is 6.07 Å². The zero-order valence-electron chi connectivity index (χ0n) is 15.9. The molecule has 3 aromatic rings. The molecule has 3 aromatic carbocycles. The molecule has 0 saturated heterocycles. The van der Waals surface area contributed by atoms with E-state index in [1.165, 1.54) is 11.1 Å². The van der Waals surface area contributed by atoms with Crippen molar-refractivity contribution in [1.29, 1.82) is 21.0 Å². The van der Waals surface area contributed by atoms with Gasteiger partial charge in [-0.1, -0.05) is 51.0 Å². The lowest BCUT2D eigenvalue weighted by Gasteiger charge is -2.17. The zero-order chi connectivity index (χ0) is 20.3. The summed E-state index contributed by atoms with van der Waals surface area (Å²) in [5.41, 5.74) is 2.72. The Morgan fingerprint density at radius 3 is 1.79 bits per heavy atom. The van der Waals surface area contributed by atoms with Crippen molar-refractivity contribution in [2.75, 3.05) is 0 Å². The molecule has 0 aliphatic carbocycles. The highest BCUT2D eigenvalue weighted by atomic mass is 14.3. The lowest BCUT2D eigenvalue weighted by atomic mass is 9.84. The molecule has 4 nitrogen and oxygen atoms in total. The van der Waals surface area contributed by atoms with Gasteiger partial charge in [0.2, 0.25) is 0 Å². The Hall–Kier alpha value is -3.86. The van der Waals surface area contributed by atoms with Gasteiger partial charge in [0.1, 0.15) is 24.3 Å². The van der Waals surface area contributed by atoms with E-state index in [-0.39, 0.29) is 22.3 Å². The third kappa shape index (κ3) is 2.74. The molecule has 0 unspecified atom stereocenters. The fourth-order valence-electron chi connectivity index (χ4n) is 4.00. The molecule has 0 bridgehead atoms. The predicted molar refractivity (Wildman–Crippen MR) is 108 cm³/mol. The topological polar surface area (TPSA) is 95.2 Å². The highest BCUT2D eigenvalue weighted by Crippen LogP contribution is 2.38. The van der Waals surface area contributed by atoms with Gasteiger partial charge in [0.05, 0.1) is 22.3 Å². The maximum absolute atomic E-state index is 9.89. The van der Waals surface area contributed by atoms with Gasteiger partial charge < -0.3 is 0 Å². The molecule has 0 aliphatic heterocycles. The van der Waals surface area contributed by atoms with Crippen molar-refractivity contribution in [2.45, 2.75) is 39.5 Å². The van der Waals surface area contributed by atoms with Gasteiger partial charge in [-0.05, 0) is 34.7 Å². The monoisotopic (exact) mass is 362 g/mol.